The lowest BCUT2D eigenvalue weighted by Crippen LogP contribution is -2.27. The van der Waals surface area contributed by atoms with E-state index in [-0.39, 0.29) is 0 Å². The van der Waals surface area contributed by atoms with Gasteiger partial charge < -0.3 is 9.47 Å². The van der Waals surface area contributed by atoms with Crippen LogP contribution in [0.1, 0.15) is 20.8 Å². The summed E-state index contributed by atoms with van der Waals surface area (Å²) in [6, 6.07) is 5.09. The van der Waals surface area contributed by atoms with Crippen molar-refractivity contribution in [3.8, 4) is 5.88 Å². The first kappa shape index (κ1) is 12.3. The quantitative estimate of drug-likeness (QED) is 0.838. The summed E-state index contributed by atoms with van der Waals surface area (Å²) >= 11 is 0. The third-order valence-corrected chi connectivity index (χ3v) is 1.56. The summed E-state index contributed by atoms with van der Waals surface area (Å²) in [6.07, 6.45) is -0.534. The Balaban J connectivity index is 2.62. The molecule has 0 aliphatic rings. The molecule has 88 valence electrons. The number of hydrogen-bond acceptors (Lipinski definition) is 4. The van der Waals surface area contributed by atoms with E-state index in [1.54, 1.807) is 39.0 Å². The molecule has 0 bridgehead atoms. The molecular formula is C11H16N2O3. The highest BCUT2D eigenvalue weighted by Crippen LogP contribution is 2.13. The highest BCUT2D eigenvalue weighted by Gasteiger charge is 2.16. The second-order valence-corrected chi connectivity index (χ2v) is 4.19. The zero-order valence-corrected chi connectivity index (χ0v) is 9.90. The van der Waals surface area contributed by atoms with Gasteiger partial charge in [0, 0.05) is 6.07 Å². The number of rotatable bonds is 2. The molecule has 0 spiro atoms. The molecule has 0 saturated heterocycles. The predicted molar refractivity (Wildman–Crippen MR) is 60.6 cm³/mol. The Labute approximate surface area is 94.8 Å². The van der Waals surface area contributed by atoms with Gasteiger partial charge in [-0.25, -0.2) is 4.79 Å². The molecule has 0 aliphatic heterocycles. The summed E-state index contributed by atoms with van der Waals surface area (Å²) in [5.41, 5.74) is -0.525. The molecule has 1 N–H and O–H groups in total. The van der Waals surface area contributed by atoms with Crippen molar-refractivity contribution in [1.82, 2.24) is 4.98 Å². The van der Waals surface area contributed by atoms with E-state index in [0.29, 0.717) is 11.7 Å². The molecule has 0 fully saturated rings. The van der Waals surface area contributed by atoms with Crippen molar-refractivity contribution in [3.05, 3.63) is 18.2 Å². The molecule has 0 saturated carbocycles. The van der Waals surface area contributed by atoms with Crippen LogP contribution in [0.5, 0.6) is 5.88 Å². The van der Waals surface area contributed by atoms with Crippen molar-refractivity contribution in [2.75, 3.05) is 12.4 Å². The van der Waals surface area contributed by atoms with Gasteiger partial charge in [-0.05, 0) is 26.8 Å². The fourth-order valence-electron chi connectivity index (χ4n) is 1.01. The number of carbonyl (C=O) groups is 1. The Kier molecular flexibility index (Phi) is 3.71. The first-order chi connectivity index (χ1) is 7.40. The summed E-state index contributed by atoms with van der Waals surface area (Å²) in [6.45, 7) is 5.39. The van der Waals surface area contributed by atoms with E-state index in [9.17, 15) is 4.79 Å². The van der Waals surface area contributed by atoms with Crippen molar-refractivity contribution in [2.45, 2.75) is 26.4 Å². The van der Waals surface area contributed by atoms with Gasteiger partial charge in [-0.2, -0.15) is 4.98 Å². The van der Waals surface area contributed by atoms with E-state index in [2.05, 4.69) is 10.3 Å². The van der Waals surface area contributed by atoms with E-state index in [4.69, 9.17) is 9.47 Å². The van der Waals surface area contributed by atoms with Crippen molar-refractivity contribution >= 4 is 11.9 Å². The predicted octanol–water partition coefficient (Wildman–Crippen LogP) is 2.44. The summed E-state index contributed by atoms with van der Waals surface area (Å²) in [4.78, 5) is 15.4. The summed E-state index contributed by atoms with van der Waals surface area (Å²) in [5.74, 6) is 0.835. The second kappa shape index (κ2) is 4.83. The highest BCUT2D eigenvalue weighted by atomic mass is 16.6. The van der Waals surface area contributed by atoms with Crippen molar-refractivity contribution in [1.29, 1.82) is 0 Å². The minimum Gasteiger partial charge on any atom is -0.481 e. The first-order valence-electron chi connectivity index (χ1n) is 4.92. The number of methoxy groups -OCH3 is 1. The fraction of sp³-hybridized carbons (Fsp3) is 0.455. The van der Waals surface area contributed by atoms with Crippen LogP contribution in [-0.4, -0.2) is 23.8 Å². The topological polar surface area (TPSA) is 60.5 Å². The number of ether oxygens (including phenoxy) is 2. The minimum atomic E-state index is -0.534. The van der Waals surface area contributed by atoms with Gasteiger partial charge in [0.2, 0.25) is 5.88 Å². The van der Waals surface area contributed by atoms with Crippen LogP contribution in [-0.2, 0) is 4.74 Å². The molecule has 16 heavy (non-hydrogen) atoms. The van der Waals surface area contributed by atoms with Crippen LogP contribution >= 0.6 is 0 Å². The fourth-order valence-corrected chi connectivity index (χ4v) is 1.01. The van der Waals surface area contributed by atoms with E-state index in [1.807, 2.05) is 0 Å². The van der Waals surface area contributed by atoms with Crippen LogP contribution in [0.4, 0.5) is 10.6 Å². The first-order valence-corrected chi connectivity index (χ1v) is 4.92. The van der Waals surface area contributed by atoms with Crippen LogP contribution in [0.15, 0.2) is 18.2 Å². The van der Waals surface area contributed by atoms with E-state index in [1.165, 1.54) is 7.11 Å². The number of nitrogens with zero attached hydrogens (tertiary/aromatic N) is 1. The molecule has 0 aliphatic carbocycles. The van der Waals surface area contributed by atoms with Crippen molar-refractivity contribution in [3.63, 3.8) is 0 Å². The Morgan fingerprint density at radius 2 is 2.06 bits per heavy atom. The van der Waals surface area contributed by atoms with Gasteiger partial charge in [0.25, 0.3) is 0 Å². The molecule has 1 amide bonds. The lowest BCUT2D eigenvalue weighted by Gasteiger charge is -2.19. The maximum absolute atomic E-state index is 11.4. The Bertz CT molecular complexity index is 372. The number of hydrogen-bond donors (Lipinski definition) is 1. The molecule has 1 heterocycles. The number of amides is 1. The Hall–Kier alpha value is -1.78. The van der Waals surface area contributed by atoms with Gasteiger partial charge >= 0.3 is 6.09 Å². The second-order valence-electron chi connectivity index (χ2n) is 4.19. The van der Waals surface area contributed by atoms with Crippen molar-refractivity contribution in [2.24, 2.45) is 0 Å². The van der Waals surface area contributed by atoms with Crippen LogP contribution in [0.2, 0.25) is 0 Å². The molecule has 1 aromatic heterocycles. The Morgan fingerprint density at radius 3 is 2.62 bits per heavy atom. The van der Waals surface area contributed by atoms with Gasteiger partial charge in [-0.3, -0.25) is 5.32 Å². The molecule has 1 rings (SSSR count). The maximum atomic E-state index is 11.4. The third-order valence-electron chi connectivity index (χ3n) is 1.56. The van der Waals surface area contributed by atoms with Gasteiger partial charge in [0.15, 0.2) is 0 Å². The van der Waals surface area contributed by atoms with Gasteiger partial charge in [0.1, 0.15) is 11.4 Å². The number of aromatic nitrogens is 1. The molecule has 1 aromatic rings. The monoisotopic (exact) mass is 224 g/mol. The van der Waals surface area contributed by atoms with E-state index >= 15 is 0 Å². The lowest BCUT2D eigenvalue weighted by atomic mass is 10.2. The molecular weight excluding hydrogens is 208 g/mol. The summed E-state index contributed by atoms with van der Waals surface area (Å²) < 4.78 is 10.0. The number of carbonyl (C=O) groups excluding carboxylic acids is 1. The zero-order chi connectivity index (χ0) is 12.2. The summed E-state index contributed by atoms with van der Waals surface area (Å²) in [5, 5.41) is 2.52. The van der Waals surface area contributed by atoms with E-state index in [0.717, 1.165) is 0 Å². The maximum Gasteiger partial charge on any atom is 0.413 e. The molecule has 0 unspecified atom stereocenters. The SMILES string of the molecule is COc1cccc(NC(=O)OC(C)(C)C)n1. The lowest BCUT2D eigenvalue weighted by molar-refractivity contribution is 0.0635. The standard InChI is InChI=1S/C11H16N2O3/c1-11(2,3)16-10(14)13-8-6-5-7-9(12-8)15-4/h5-7H,1-4H3,(H,12,13,14). The smallest absolute Gasteiger partial charge is 0.413 e. The average Bonchev–Trinajstić information content (AvgIpc) is 2.15. The van der Waals surface area contributed by atoms with Crippen LogP contribution in [0.3, 0.4) is 0 Å². The molecule has 0 atom stereocenters. The minimum absolute atomic E-state index is 0.397. The molecule has 5 nitrogen and oxygen atoms in total. The summed E-state index contributed by atoms with van der Waals surface area (Å²) in [7, 11) is 1.51. The van der Waals surface area contributed by atoms with Gasteiger partial charge in [-0.1, -0.05) is 6.07 Å². The average molecular weight is 224 g/mol. The Morgan fingerprint density at radius 1 is 1.38 bits per heavy atom. The van der Waals surface area contributed by atoms with Crippen LogP contribution in [0, 0.1) is 0 Å². The molecule has 5 heteroatoms. The normalized spacial score (nSPS) is 10.8. The van der Waals surface area contributed by atoms with Crippen molar-refractivity contribution < 1.29 is 14.3 Å². The molecule has 0 aromatic carbocycles. The largest absolute Gasteiger partial charge is 0.481 e. The number of pyridine rings is 1. The van der Waals surface area contributed by atoms with Crippen LogP contribution in [0.25, 0.3) is 0 Å². The number of nitrogens with one attached hydrogen (secondary N) is 1. The highest BCUT2D eigenvalue weighted by molar-refractivity contribution is 5.83. The third kappa shape index (κ3) is 4.16. The van der Waals surface area contributed by atoms with Gasteiger partial charge in [-0.15, -0.1) is 0 Å². The van der Waals surface area contributed by atoms with Gasteiger partial charge in [0.05, 0.1) is 7.11 Å². The van der Waals surface area contributed by atoms with E-state index < -0.39 is 11.7 Å². The number of anilines is 1. The molecule has 0 radical (unpaired) electrons. The zero-order valence-electron chi connectivity index (χ0n) is 9.90. The van der Waals surface area contributed by atoms with Crippen LogP contribution < -0.4 is 10.1 Å².